The maximum Gasteiger partial charge on any atom is 0.223 e. The lowest BCUT2D eigenvalue weighted by atomic mass is 10.3. The molecule has 0 atom stereocenters. The monoisotopic (exact) mass is 200 g/mol. The first-order valence-corrected chi connectivity index (χ1v) is 4.80. The van der Waals surface area contributed by atoms with E-state index in [4.69, 9.17) is 5.11 Å². The molecule has 1 aromatic rings. The highest BCUT2D eigenvalue weighted by Gasteiger charge is 2.07. The van der Waals surface area contributed by atoms with Crippen molar-refractivity contribution in [2.75, 3.05) is 11.9 Å². The first-order valence-electron chi connectivity index (χ1n) is 3.98. The largest absolute Gasteiger partial charge is 0.396 e. The van der Waals surface area contributed by atoms with E-state index in [0.29, 0.717) is 11.6 Å². The molecule has 1 amide bonds. The highest BCUT2D eigenvalue weighted by atomic mass is 32.1. The maximum atomic E-state index is 10.7. The van der Waals surface area contributed by atoms with Crippen molar-refractivity contribution in [3.63, 3.8) is 0 Å². The van der Waals surface area contributed by atoms with E-state index in [-0.39, 0.29) is 12.5 Å². The molecule has 0 saturated carbocycles. The predicted octanol–water partition coefficient (Wildman–Crippen LogP) is 0.945. The van der Waals surface area contributed by atoms with Gasteiger partial charge in [0.25, 0.3) is 0 Å². The molecule has 13 heavy (non-hydrogen) atoms. The van der Waals surface area contributed by atoms with E-state index in [2.05, 4.69) is 10.3 Å². The minimum absolute atomic E-state index is 0.114. The number of carbonyl (C=O) groups is 1. The van der Waals surface area contributed by atoms with Gasteiger partial charge in [-0.05, 0) is 6.92 Å². The molecule has 0 aliphatic carbocycles. The first kappa shape index (κ1) is 10.1. The minimum Gasteiger partial charge on any atom is -0.396 e. The third kappa shape index (κ3) is 2.78. The molecule has 0 aliphatic heterocycles. The highest BCUT2D eigenvalue weighted by Crippen LogP contribution is 2.22. The van der Waals surface area contributed by atoms with Crippen molar-refractivity contribution in [3.05, 3.63) is 10.6 Å². The molecule has 1 rings (SSSR count). The molecule has 0 bridgehead atoms. The summed E-state index contributed by atoms with van der Waals surface area (Å²) in [7, 11) is 0. The van der Waals surface area contributed by atoms with Crippen molar-refractivity contribution in [2.24, 2.45) is 0 Å². The number of amides is 1. The summed E-state index contributed by atoms with van der Waals surface area (Å²) in [5.74, 6) is -0.121. The molecule has 1 aromatic heterocycles. The zero-order valence-corrected chi connectivity index (χ0v) is 8.44. The van der Waals surface area contributed by atoms with E-state index in [9.17, 15) is 4.79 Å². The lowest BCUT2D eigenvalue weighted by Crippen LogP contribution is -2.04. The van der Waals surface area contributed by atoms with Crippen molar-refractivity contribution in [1.82, 2.24) is 4.98 Å². The maximum absolute atomic E-state index is 10.7. The molecule has 72 valence electrons. The van der Waals surface area contributed by atoms with Crippen molar-refractivity contribution >= 4 is 22.4 Å². The van der Waals surface area contributed by atoms with E-state index in [1.807, 2.05) is 6.92 Å². The fourth-order valence-corrected chi connectivity index (χ4v) is 1.96. The van der Waals surface area contributed by atoms with Crippen LogP contribution in [0, 0.1) is 6.92 Å². The van der Waals surface area contributed by atoms with Gasteiger partial charge in [-0.25, -0.2) is 4.98 Å². The van der Waals surface area contributed by atoms with Crippen LogP contribution in [0.15, 0.2) is 0 Å². The van der Waals surface area contributed by atoms with Gasteiger partial charge in [0, 0.05) is 24.8 Å². The average molecular weight is 200 g/mol. The van der Waals surface area contributed by atoms with E-state index in [1.165, 1.54) is 18.3 Å². The SMILES string of the molecule is CC(=O)Nc1nc(C)c(CCO)s1. The third-order valence-electron chi connectivity index (χ3n) is 1.51. The number of aryl methyl sites for hydroxylation is 1. The van der Waals surface area contributed by atoms with E-state index in [1.54, 1.807) is 0 Å². The Morgan fingerprint density at radius 1 is 1.69 bits per heavy atom. The quantitative estimate of drug-likeness (QED) is 0.763. The number of carbonyl (C=O) groups excluding carboxylic acids is 1. The molecular formula is C8H12N2O2S. The molecule has 1 heterocycles. The van der Waals surface area contributed by atoms with Gasteiger partial charge < -0.3 is 10.4 Å². The third-order valence-corrected chi connectivity index (χ3v) is 2.65. The fourth-order valence-electron chi connectivity index (χ4n) is 0.966. The number of nitrogens with zero attached hydrogens (tertiary/aromatic N) is 1. The summed E-state index contributed by atoms with van der Waals surface area (Å²) in [5, 5.41) is 11.9. The van der Waals surface area contributed by atoms with Crippen molar-refractivity contribution < 1.29 is 9.90 Å². The van der Waals surface area contributed by atoms with E-state index in [0.717, 1.165) is 10.6 Å². The number of aliphatic hydroxyl groups excluding tert-OH is 1. The Kier molecular flexibility index (Phi) is 3.39. The smallest absolute Gasteiger partial charge is 0.223 e. The van der Waals surface area contributed by atoms with Gasteiger partial charge in [-0.2, -0.15) is 0 Å². The van der Waals surface area contributed by atoms with Crippen LogP contribution in [0.1, 0.15) is 17.5 Å². The van der Waals surface area contributed by atoms with Crippen LogP contribution in [0.2, 0.25) is 0 Å². The normalized spacial score (nSPS) is 10.1. The molecule has 0 saturated heterocycles. The molecule has 0 radical (unpaired) electrons. The molecular weight excluding hydrogens is 188 g/mol. The van der Waals surface area contributed by atoms with Gasteiger partial charge >= 0.3 is 0 Å². The van der Waals surface area contributed by atoms with Gasteiger partial charge in [0.2, 0.25) is 5.91 Å². The van der Waals surface area contributed by atoms with Gasteiger partial charge in [0.1, 0.15) is 0 Å². The van der Waals surface area contributed by atoms with Gasteiger partial charge in [-0.15, -0.1) is 11.3 Å². The van der Waals surface area contributed by atoms with Crippen molar-refractivity contribution in [3.8, 4) is 0 Å². The zero-order valence-electron chi connectivity index (χ0n) is 7.63. The number of nitrogens with one attached hydrogen (secondary N) is 1. The molecule has 5 heteroatoms. The molecule has 0 aliphatic rings. The van der Waals surface area contributed by atoms with Crippen LogP contribution < -0.4 is 5.32 Å². The summed E-state index contributed by atoms with van der Waals surface area (Å²) in [6, 6.07) is 0. The Balaban J connectivity index is 2.76. The summed E-state index contributed by atoms with van der Waals surface area (Å²) in [5.41, 5.74) is 0.878. The van der Waals surface area contributed by atoms with Crippen LogP contribution in [-0.4, -0.2) is 22.6 Å². The molecule has 0 fully saturated rings. The molecule has 0 spiro atoms. The number of anilines is 1. The number of aliphatic hydroxyl groups is 1. The zero-order chi connectivity index (χ0) is 9.84. The Labute approximate surface area is 80.6 Å². The first-order chi connectivity index (χ1) is 6.13. The second-order valence-electron chi connectivity index (χ2n) is 2.68. The number of hydrogen-bond donors (Lipinski definition) is 2. The van der Waals surface area contributed by atoms with Crippen LogP contribution in [0.25, 0.3) is 0 Å². The van der Waals surface area contributed by atoms with Crippen LogP contribution in [0.3, 0.4) is 0 Å². The summed E-state index contributed by atoms with van der Waals surface area (Å²) in [6.07, 6.45) is 0.600. The molecule has 2 N–H and O–H groups in total. The molecule has 4 nitrogen and oxygen atoms in total. The number of rotatable bonds is 3. The molecule has 0 aromatic carbocycles. The number of aromatic nitrogens is 1. The van der Waals surface area contributed by atoms with E-state index >= 15 is 0 Å². The standard InChI is InChI=1S/C8H12N2O2S/c1-5-7(3-4-11)13-8(9-5)10-6(2)12/h11H,3-4H2,1-2H3,(H,9,10,12). The van der Waals surface area contributed by atoms with Crippen molar-refractivity contribution in [2.45, 2.75) is 20.3 Å². The Hall–Kier alpha value is -0.940. The van der Waals surface area contributed by atoms with Crippen LogP contribution in [0.4, 0.5) is 5.13 Å². The number of thiazole rings is 1. The summed E-state index contributed by atoms with van der Waals surface area (Å²) in [4.78, 5) is 15.9. The van der Waals surface area contributed by atoms with Gasteiger partial charge in [0.15, 0.2) is 5.13 Å². The lowest BCUT2D eigenvalue weighted by Gasteiger charge is -1.92. The average Bonchev–Trinajstić information content (AvgIpc) is 2.31. The van der Waals surface area contributed by atoms with Crippen LogP contribution >= 0.6 is 11.3 Å². The minimum atomic E-state index is -0.121. The van der Waals surface area contributed by atoms with Crippen molar-refractivity contribution in [1.29, 1.82) is 0 Å². The van der Waals surface area contributed by atoms with Gasteiger partial charge in [-0.1, -0.05) is 0 Å². The second-order valence-corrected chi connectivity index (χ2v) is 3.77. The Morgan fingerprint density at radius 2 is 2.38 bits per heavy atom. The lowest BCUT2D eigenvalue weighted by molar-refractivity contribution is -0.114. The van der Waals surface area contributed by atoms with Gasteiger partial charge in [0.05, 0.1) is 5.69 Å². The van der Waals surface area contributed by atoms with Gasteiger partial charge in [-0.3, -0.25) is 4.79 Å². The van der Waals surface area contributed by atoms with E-state index < -0.39 is 0 Å². The Bertz CT molecular complexity index is 309. The summed E-state index contributed by atoms with van der Waals surface area (Å²) >= 11 is 1.41. The number of hydrogen-bond acceptors (Lipinski definition) is 4. The topological polar surface area (TPSA) is 62.2 Å². The predicted molar refractivity (Wildman–Crippen MR) is 51.9 cm³/mol. The fraction of sp³-hybridized carbons (Fsp3) is 0.500. The molecule has 0 unspecified atom stereocenters. The van der Waals surface area contributed by atoms with Crippen LogP contribution in [-0.2, 0) is 11.2 Å². The summed E-state index contributed by atoms with van der Waals surface area (Å²) < 4.78 is 0. The Morgan fingerprint density at radius 3 is 2.92 bits per heavy atom. The van der Waals surface area contributed by atoms with Crippen LogP contribution in [0.5, 0.6) is 0 Å². The highest BCUT2D eigenvalue weighted by molar-refractivity contribution is 7.15. The second kappa shape index (κ2) is 4.34. The summed E-state index contributed by atoms with van der Waals surface area (Å²) in [6.45, 7) is 3.43.